The van der Waals surface area contributed by atoms with Crippen molar-refractivity contribution in [3.05, 3.63) is 35.4 Å². The van der Waals surface area contributed by atoms with Crippen molar-refractivity contribution in [1.29, 1.82) is 0 Å². The zero-order chi connectivity index (χ0) is 17.3. The fourth-order valence-electron chi connectivity index (χ4n) is 2.64. The number of nitrogens with zero attached hydrogens (tertiary/aromatic N) is 2. The van der Waals surface area contributed by atoms with E-state index in [1.807, 2.05) is 18.2 Å². The normalized spacial score (nSPS) is 25.4. The summed E-state index contributed by atoms with van der Waals surface area (Å²) in [6, 6.07) is 3.87. The van der Waals surface area contributed by atoms with E-state index in [4.69, 9.17) is 0 Å². The molecule has 1 saturated heterocycles. The first-order valence-corrected chi connectivity index (χ1v) is 9.12. The van der Waals surface area contributed by atoms with Crippen LogP contribution < -0.4 is 5.32 Å². The Hall–Kier alpha value is -2.00. The lowest BCUT2D eigenvalue weighted by Gasteiger charge is -2.51. The highest BCUT2D eigenvalue weighted by atomic mass is 32.2. The third kappa shape index (κ3) is 3.13. The van der Waals surface area contributed by atoms with Crippen LogP contribution >= 0.6 is 23.5 Å². The van der Waals surface area contributed by atoms with Gasteiger partial charge in [-0.15, -0.1) is 23.5 Å². The summed E-state index contributed by atoms with van der Waals surface area (Å²) in [7, 11) is 0. The SMILES string of the molecule is CC(=O)NC1C(=O)N2C(C(=O)O)C(CSc3ccccn3)=CS[C@@H]12. The number of pyridine rings is 1. The van der Waals surface area contributed by atoms with Crippen molar-refractivity contribution in [3.8, 4) is 0 Å². The van der Waals surface area contributed by atoms with Crippen molar-refractivity contribution in [3.63, 3.8) is 0 Å². The van der Waals surface area contributed by atoms with Gasteiger partial charge in [-0.05, 0) is 23.1 Å². The Balaban J connectivity index is 1.74. The highest BCUT2D eigenvalue weighted by Crippen LogP contribution is 2.41. The summed E-state index contributed by atoms with van der Waals surface area (Å²) in [6.07, 6.45) is 1.67. The number of fused-ring (bicyclic) bond motifs is 1. The number of hydrogen-bond donors (Lipinski definition) is 2. The van der Waals surface area contributed by atoms with Crippen LogP contribution in [0.25, 0.3) is 0 Å². The number of rotatable bonds is 5. The van der Waals surface area contributed by atoms with Crippen LogP contribution in [0, 0.1) is 0 Å². The van der Waals surface area contributed by atoms with Crippen molar-refractivity contribution in [2.45, 2.75) is 29.4 Å². The molecular weight excluding hydrogens is 350 g/mol. The highest BCUT2D eigenvalue weighted by Gasteiger charge is 2.55. The predicted octanol–water partition coefficient (Wildman–Crippen LogP) is 0.931. The quantitative estimate of drug-likeness (QED) is 0.591. The van der Waals surface area contributed by atoms with Crippen LogP contribution in [0.5, 0.6) is 0 Å². The molecule has 2 aliphatic heterocycles. The molecule has 0 spiro atoms. The Bertz CT molecular complexity index is 710. The van der Waals surface area contributed by atoms with E-state index in [0.717, 1.165) is 5.03 Å². The topological polar surface area (TPSA) is 99.6 Å². The summed E-state index contributed by atoms with van der Waals surface area (Å²) in [5.41, 5.74) is 0.647. The Labute approximate surface area is 146 Å². The average Bonchev–Trinajstić information content (AvgIpc) is 2.57. The van der Waals surface area contributed by atoms with Crippen molar-refractivity contribution in [1.82, 2.24) is 15.2 Å². The number of carboxylic acid groups (broad SMARTS) is 1. The van der Waals surface area contributed by atoms with Gasteiger partial charge in [-0.1, -0.05) is 6.07 Å². The van der Waals surface area contributed by atoms with Gasteiger partial charge in [0.1, 0.15) is 11.4 Å². The Kier molecular flexibility index (Phi) is 4.81. The Morgan fingerprint density at radius 2 is 2.25 bits per heavy atom. The summed E-state index contributed by atoms with van der Waals surface area (Å²) in [5, 5.41) is 14.3. The molecule has 0 saturated carbocycles. The summed E-state index contributed by atoms with van der Waals surface area (Å²) < 4.78 is 0. The first kappa shape index (κ1) is 16.8. The predicted molar refractivity (Wildman–Crippen MR) is 90.3 cm³/mol. The highest BCUT2D eigenvalue weighted by molar-refractivity contribution is 8.03. The van der Waals surface area contributed by atoms with Crippen LogP contribution in [0.1, 0.15) is 6.92 Å². The molecule has 3 heterocycles. The number of thioether (sulfide) groups is 2. The Morgan fingerprint density at radius 3 is 2.88 bits per heavy atom. The smallest absolute Gasteiger partial charge is 0.330 e. The van der Waals surface area contributed by atoms with E-state index < -0.39 is 18.1 Å². The van der Waals surface area contributed by atoms with Crippen LogP contribution in [0.3, 0.4) is 0 Å². The molecule has 2 amide bonds. The van der Waals surface area contributed by atoms with Crippen molar-refractivity contribution in [2.24, 2.45) is 0 Å². The molecule has 0 radical (unpaired) electrons. The van der Waals surface area contributed by atoms with Gasteiger partial charge in [0.2, 0.25) is 11.8 Å². The van der Waals surface area contributed by atoms with E-state index in [-0.39, 0.29) is 17.2 Å². The minimum atomic E-state index is -1.07. The van der Waals surface area contributed by atoms with Gasteiger partial charge in [-0.25, -0.2) is 9.78 Å². The number of hydrogen-bond acceptors (Lipinski definition) is 6. The fourth-order valence-corrected chi connectivity index (χ4v) is 4.83. The molecule has 0 bridgehead atoms. The molecule has 24 heavy (non-hydrogen) atoms. The van der Waals surface area contributed by atoms with Gasteiger partial charge in [0.05, 0.1) is 5.03 Å². The van der Waals surface area contributed by atoms with E-state index in [1.165, 1.54) is 35.3 Å². The maximum absolute atomic E-state index is 12.3. The minimum absolute atomic E-state index is 0.305. The second-order valence-corrected chi connectivity index (χ2v) is 7.33. The molecule has 126 valence electrons. The Morgan fingerprint density at radius 1 is 1.46 bits per heavy atom. The lowest BCUT2D eigenvalue weighted by atomic mass is 9.99. The molecule has 0 aliphatic carbocycles. The largest absolute Gasteiger partial charge is 0.479 e. The molecule has 1 aromatic heterocycles. The maximum Gasteiger partial charge on any atom is 0.330 e. The number of carbonyl (C=O) groups excluding carboxylic acids is 2. The first-order valence-electron chi connectivity index (χ1n) is 7.19. The van der Waals surface area contributed by atoms with Gasteiger partial charge >= 0.3 is 5.97 Å². The molecule has 1 aromatic rings. The van der Waals surface area contributed by atoms with Crippen LogP contribution in [0.4, 0.5) is 0 Å². The van der Waals surface area contributed by atoms with Gasteiger partial charge in [-0.2, -0.15) is 0 Å². The molecule has 2 aliphatic rings. The number of carbonyl (C=O) groups is 3. The molecule has 7 nitrogen and oxygen atoms in total. The molecule has 2 unspecified atom stereocenters. The van der Waals surface area contributed by atoms with Gasteiger partial charge in [0, 0.05) is 18.9 Å². The fraction of sp³-hybridized carbons (Fsp3) is 0.333. The zero-order valence-electron chi connectivity index (χ0n) is 12.7. The summed E-state index contributed by atoms with van der Waals surface area (Å²) in [4.78, 5) is 40.6. The average molecular weight is 365 g/mol. The van der Waals surface area contributed by atoms with Crippen LogP contribution in [-0.2, 0) is 14.4 Å². The molecule has 9 heteroatoms. The van der Waals surface area contributed by atoms with E-state index in [2.05, 4.69) is 10.3 Å². The van der Waals surface area contributed by atoms with Crippen molar-refractivity contribution >= 4 is 41.3 Å². The number of amides is 2. The third-order valence-electron chi connectivity index (χ3n) is 3.69. The molecule has 1 fully saturated rings. The van der Waals surface area contributed by atoms with Crippen LogP contribution in [0.2, 0.25) is 0 Å². The number of aliphatic carboxylic acids is 1. The standard InChI is InChI=1S/C15H15N3O4S2/c1-8(19)17-11-13(20)18-12(15(21)22)9(7-24-14(11)18)6-23-10-4-2-3-5-16-10/h2-5,7,11-12,14H,6H2,1H3,(H,17,19)(H,21,22)/t11?,12?,14-/m0/s1. The van der Waals surface area contributed by atoms with Crippen molar-refractivity contribution < 1.29 is 19.5 Å². The first-order chi connectivity index (χ1) is 11.5. The number of nitrogens with one attached hydrogen (secondary N) is 1. The van der Waals surface area contributed by atoms with E-state index in [0.29, 0.717) is 11.3 Å². The number of carboxylic acids is 1. The van der Waals surface area contributed by atoms with E-state index in [1.54, 1.807) is 11.6 Å². The molecule has 2 N–H and O–H groups in total. The second kappa shape index (κ2) is 6.86. The number of β-lactam (4-membered cyclic amide) rings is 1. The van der Waals surface area contributed by atoms with E-state index >= 15 is 0 Å². The second-order valence-electron chi connectivity index (χ2n) is 5.34. The van der Waals surface area contributed by atoms with Crippen LogP contribution in [-0.4, -0.2) is 56.0 Å². The summed E-state index contributed by atoms with van der Waals surface area (Å²) in [5.74, 6) is -1.30. The van der Waals surface area contributed by atoms with E-state index in [9.17, 15) is 19.5 Å². The molecule has 0 aromatic carbocycles. The zero-order valence-corrected chi connectivity index (χ0v) is 14.3. The monoisotopic (exact) mass is 365 g/mol. The maximum atomic E-state index is 12.3. The molecule has 3 rings (SSSR count). The van der Waals surface area contributed by atoms with Gasteiger partial charge in [0.25, 0.3) is 0 Å². The van der Waals surface area contributed by atoms with Crippen LogP contribution in [0.15, 0.2) is 40.4 Å². The lowest BCUT2D eigenvalue weighted by Crippen LogP contribution is -2.73. The molecule has 3 atom stereocenters. The third-order valence-corrected chi connectivity index (χ3v) is 5.92. The summed E-state index contributed by atoms with van der Waals surface area (Å²) >= 11 is 2.79. The number of aromatic nitrogens is 1. The van der Waals surface area contributed by atoms with Gasteiger partial charge in [-0.3, -0.25) is 9.59 Å². The van der Waals surface area contributed by atoms with Crippen molar-refractivity contribution in [2.75, 3.05) is 5.75 Å². The minimum Gasteiger partial charge on any atom is -0.479 e. The van der Waals surface area contributed by atoms with Gasteiger partial charge < -0.3 is 15.3 Å². The molecular formula is C15H15N3O4S2. The van der Waals surface area contributed by atoms with Gasteiger partial charge in [0.15, 0.2) is 6.04 Å². The summed E-state index contributed by atoms with van der Waals surface area (Å²) in [6.45, 7) is 1.34. The lowest BCUT2D eigenvalue weighted by molar-refractivity contribution is -0.159.